The zero-order valence-corrected chi connectivity index (χ0v) is 24.6. The quantitative estimate of drug-likeness (QED) is 0.0538. The van der Waals surface area contributed by atoms with Crippen LogP contribution in [0, 0.1) is 17.8 Å². The monoisotopic (exact) mass is 610 g/mol. The molecule has 0 fully saturated rings. The number of aliphatic carboxylic acids is 1. The van der Waals surface area contributed by atoms with Crippen LogP contribution in [-0.4, -0.2) is 101 Å². The maximum atomic E-state index is 12.3. The molecule has 0 saturated heterocycles. The number of hydrogen-bond donors (Lipinski definition) is 2. The van der Waals surface area contributed by atoms with E-state index in [4.69, 9.17) is 35.6 Å². The second-order valence-electron chi connectivity index (χ2n) is 8.11. The lowest BCUT2D eigenvalue weighted by molar-refractivity contribution is -0.162. The number of thioether (sulfide) groups is 3. The molecule has 0 radical (unpaired) electrons. The summed E-state index contributed by atoms with van der Waals surface area (Å²) in [7, 11) is 0. The highest BCUT2D eigenvalue weighted by Crippen LogP contribution is 2.25. The van der Waals surface area contributed by atoms with Crippen LogP contribution in [0.2, 0.25) is 0 Å². The number of esters is 4. The van der Waals surface area contributed by atoms with Gasteiger partial charge in [-0.25, -0.2) is 0 Å². The van der Waals surface area contributed by atoms with Gasteiger partial charge >= 0.3 is 29.8 Å². The first-order valence-corrected chi connectivity index (χ1v) is 15.8. The molecule has 2 N–H and O–H groups in total. The summed E-state index contributed by atoms with van der Waals surface area (Å²) < 4.78 is 21.0. The molecular weight excluding hydrogens is 572 g/mol. The van der Waals surface area contributed by atoms with Crippen molar-refractivity contribution in [1.29, 1.82) is 0 Å². The summed E-state index contributed by atoms with van der Waals surface area (Å²) in [4.78, 5) is 58.6. The molecule has 1 atom stereocenters. The molecule has 0 aromatic heterocycles. The summed E-state index contributed by atoms with van der Waals surface area (Å²) in [6.45, 7) is 1.32. The van der Waals surface area contributed by atoms with Crippen LogP contribution >= 0.6 is 35.3 Å². The Morgan fingerprint density at radius 1 is 0.692 bits per heavy atom. The molecule has 0 aliphatic rings. The maximum Gasteiger partial charge on any atom is 0.307 e. The minimum atomic E-state index is -0.949. The van der Waals surface area contributed by atoms with Gasteiger partial charge in [-0.15, -0.1) is 18.2 Å². The molecule has 39 heavy (non-hydrogen) atoms. The van der Waals surface area contributed by atoms with Gasteiger partial charge in [-0.1, -0.05) is 12.8 Å². The van der Waals surface area contributed by atoms with Crippen LogP contribution in [0.15, 0.2) is 0 Å². The molecule has 0 saturated carbocycles. The standard InChI is InChI=1S/C25H38O11S3/c1-3-10-33-21(29)6-12-38-14-8-23(31)35-17-25(4-2,18-36-24(32)9-15-39-19-26)16-34-22(30)7-13-37-11-5-20(27)28/h1,26H,4-19H2,2H3,(H,27,28). The molecule has 0 aliphatic carbocycles. The molecule has 222 valence electrons. The molecule has 14 heteroatoms. The van der Waals surface area contributed by atoms with Gasteiger partial charge < -0.3 is 29.2 Å². The zero-order valence-electron chi connectivity index (χ0n) is 22.2. The Bertz CT molecular complexity index is 801. The first-order chi connectivity index (χ1) is 18.7. The van der Waals surface area contributed by atoms with E-state index < -0.39 is 35.3 Å². The highest BCUT2D eigenvalue weighted by molar-refractivity contribution is 7.99. The average molecular weight is 611 g/mol. The van der Waals surface area contributed by atoms with Gasteiger partial charge in [0, 0.05) is 28.8 Å². The molecule has 0 aromatic carbocycles. The van der Waals surface area contributed by atoms with Crippen LogP contribution in [0.5, 0.6) is 0 Å². The minimum Gasteiger partial charge on any atom is -0.481 e. The number of carbonyl (C=O) groups excluding carboxylic acids is 4. The first kappa shape index (κ1) is 36.9. The van der Waals surface area contributed by atoms with Gasteiger partial charge in [-0.2, -0.15) is 23.5 Å². The van der Waals surface area contributed by atoms with Crippen molar-refractivity contribution in [2.45, 2.75) is 45.4 Å². The number of aliphatic hydroxyl groups excluding tert-OH is 1. The highest BCUT2D eigenvalue weighted by atomic mass is 32.2. The highest BCUT2D eigenvalue weighted by Gasteiger charge is 2.34. The lowest BCUT2D eigenvalue weighted by Crippen LogP contribution is -2.39. The van der Waals surface area contributed by atoms with E-state index in [1.54, 1.807) is 6.92 Å². The van der Waals surface area contributed by atoms with Crippen molar-refractivity contribution >= 4 is 65.1 Å². The van der Waals surface area contributed by atoms with Gasteiger partial charge in [0.05, 0.1) is 43.5 Å². The summed E-state index contributed by atoms with van der Waals surface area (Å²) >= 11 is 3.89. The Kier molecular flexibility index (Phi) is 22.5. The number of rotatable bonds is 24. The molecule has 0 aliphatic heterocycles. The van der Waals surface area contributed by atoms with Crippen LogP contribution in [0.1, 0.15) is 45.4 Å². The van der Waals surface area contributed by atoms with E-state index in [0.717, 1.165) is 0 Å². The maximum absolute atomic E-state index is 12.3. The number of aliphatic hydroxyl groups is 1. The van der Waals surface area contributed by atoms with Crippen LogP contribution in [0.3, 0.4) is 0 Å². The normalized spacial score (nSPS) is 12.0. The van der Waals surface area contributed by atoms with E-state index in [9.17, 15) is 24.0 Å². The van der Waals surface area contributed by atoms with Gasteiger partial charge in [0.2, 0.25) is 0 Å². The molecular formula is C25H38O11S3. The second-order valence-corrected chi connectivity index (χ2v) is 11.6. The molecule has 0 aromatic rings. The lowest BCUT2D eigenvalue weighted by atomic mass is 9.88. The Labute approximate surface area is 242 Å². The molecule has 0 heterocycles. The molecule has 0 bridgehead atoms. The predicted octanol–water partition coefficient (Wildman–Crippen LogP) is 2.37. The van der Waals surface area contributed by atoms with Crippen LogP contribution < -0.4 is 0 Å². The van der Waals surface area contributed by atoms with Gasteiger partial charge in [0.15, 0.2) is 6.61 Å². The van der Waals surface area contributed by atoms with Gasteiger partial charge in [0.1, 0.15) is 19.8 Å². The molecule has 0 amide bonds. The van der Waals surface area contributed by atoms with Gasteiger partial charge in [0.25, 0.3) is 0 Å². The van der Waals surface area contributed by atoms with Crippen LogP contribution in [0.4, 0.5) is 0 Å². The first-order valence-electron chi connectivity index (χ1n) is 12.3. The number of carbonyl (C=O) groups is 5. The Morgan fingerprint density at radius 2 is 1.08 bits per heavy atom. The van der Waals surface area contributed by atoms with Crippen molar-refractivity contribution in [1.82, 2.24) is 0 Å². The number of ether oxygens (including phenoxy) is 4. The topological polar surface area (TPSA) is 163 Å². The third kappa shape index (κ3) is 21.4. The summed E-state index contributed by atoms with van der Waals surface area (Å²) in [5.74, 6) is 1.37. The van der Waals surface area contributed by atoms with E-state index >= 15 is 0 Å². The molecule has 0 spiro atoms. The average Bonchev–Trinajstić information content (AvgIpc) is 2.91. The Morgan fingerprint density at radius 3 is 1.44 bits per heavy atom. The third-order valence-corrected chi connectivity index (χ3v) is 7.68. The van der Waals surface area contributed by atoms with Crippen molar-refractivity contribution in [3.8, 4) is 12.3 Å². The summed E-state index contributed by atoms with van der Waals surface area (Å²) in [5, 5.41) is 17.5. The van der Waals surface area contributed by atoms with Crippen LogP contribution in [-0.2, 0) is 42.9 Å². The summed E-state index contributed by atoms with van der Waals surface area (Å²) in [6, 6.07) is 0. The van der Waals surface area contributed by atoms with E-state index in [0.29, 0.717) is 35.2 Å². The van der Waals surface area contributed by atoms with Gasteiger partial charge in [-0.3, -0.25) is 24.0 Å². The van der Waals surface area contributed by atoms with E-state index in [-0.39, 0.29) is 64.5 Å². The molecule has 1 unspecified atom stereocenters. The van der Waals surface area contributed by atoms with Crippen molar-refractivity contribution in [3.05, 3.63) is 0 Å². The summed E-state index contributed by atoms with van der Waals surface area (Å²) in [5.41, 5.74) is -0.949. The minimum absolute atomic E-state index is 0.00373. The fraction of sp³-hybridized carbons (Fsp3) is 0.720. The Balaban J connectivity index is 4.75. The molecule has 11 nitrogen and oxygen atoms in total. The number of carboxylic acids is 1. The number of carboxylic acid groups (broad SMARTS) is 1. The lowest BCUT2D eigenvalue weighted by Gasteiger charge is -2.31. The fourth-order valence-corrected chi connectivity index (χ4v) is 4.69. The predicted molar refractivity (Wildman–Crippen MR) is 150 cm³/mol. The van der Waals surface area contributed by atoms with Crippen molar-refractivity contribution in [2.24, 2.45) is 5.41 Å². The third-order valence-electron chi connectivity index (χ3n) is 5.04. The molecule has 0 rings (SSSR count). The van der Waals surface area contributed by atoms with Crippen LogP contribution in [0.25, 0.3) is 0 Å². The summed E-state index contributed by atoms with van der Waals surface area (Å²) in [6.07, 6.45) is 5.85. The van der Waals surface area contributed by atoms with Crippen molar-refractivity contribution < 1.29 is 53.1 Å². The smallest absolute Gasteiger partial charge is 0.307 e. The SMILES string of the molecule is C#CCOC(=O)CCSCCC(=O)OCC(CC)(COC(=O)CCSCO)COC(=O)CCSCCC(=O)O. The number of terminal acetylenes is 1. The number of hydrogen-bond acceptors (Lipinski definition) is 13. The van der Waals surface area contributed by atoms with E-state index in [1.807, 2.05) is 0 Å². The van der Waals surface area contributed by atoms with E-state index in [1.165, 1.54) is 35.3 Å². The van der Waals surface area contributed by atoms with E-state index in [2.05, 4.69) is 5.92 Å². The van der Waals surface area contributed by atoms with Crippen molar-refractivity contribution in [2.75, 3.05) is 61.1 Å². The zero-order chi connectivity index (χ0) is 29.4. The van der Waals surface area contributed by atoms with Gasteiger partial charge in [-0.05, 0) is 6.42 Å². The fourth-order valence-electron chi connectivity index (χ4n) is 2.59. The van der Waals surface area contributed by atoms with Crippen molar-refractivity contribution in [3.63, 3.8) is 0 Å². The largest absolute Gasteiger partial charge is 0.481 e. The second kappa shape index (κ2) is 23.8. The Hall–Kier alpha value is -2.08.